The molecular weight excluding hydrogens is 185 g/mol. The van der Waals surface area contributed by atoms with Gasteiger partial charge in [-0.05, 0) is 12.1 Å². The summed E-state index contributed by atoms with van der Waals surface area (Å²) in [5, 5.41) is 0. The van der Waals surface area contributed by atoms with E-state index in [4.69, 9.17) is 5.73 Å². The molecule has 4 heteroatoms. The van der Waals surface area contributed by atoms with Gasteiger partial charge < -0.3 is 5.73 Å². The Morgan fingerprint density at radius 2 is 2.21 bits per heavy atom. The molecule has 0 bridgehead atoms. The molecule has 1 aromatic rings. The van der Waals surface area contributed by atoms with Gasteiger partial charge in [-0.25, -0.2) is 4.39 Å². The Morgan fingerprint density at radius 3 is 2.79 bits per heavy atom. The van der Waals surface area contributed by atoms with Gasteiger partial charge in [-0.1, -0.05) is 12.0 Å². The third-order valence-corrected chi connectivity index (χ3v) is 1.48. The third-order valence-electron chi connectivity index (χ3n) is 1.48. The van der Waals surface area contributed by atoms with E-state index in [9.17, 15) is 14.0 Å². The van der Waals surface area contributed by atoms with Crippen LogP contribution in [0.2, 0.25) is 0 Å². The molecule has 0 aromatic heterocycles. The average Bonchev–Trinajstić information content (AvgIpc) is 2.16. The Bertz CT molecular complexity index is 443. The molecule has 0 spiro atoms. The predicted molar refractivity (Wildman–Crippen MR) is 47.9 cm³/mol. The molecule has 1 amide bonds. The number of amides is 1. The first kappa shape index (κ1) is 9.93. The van der Waals surface area contributed by atoms with Crippen LogP contribution in [-0.4, -0.2) is 12.2 Å². The summed E-state index contributed by atoms with van der Waals surface area (Å²) in [6.45, 7) is 0. The van der Waals surface area contributed by atoms with E-state index in [0.717, 1.165) is 0 Å². The first-order chi connectivity index (χ1) is 6.65. The van der Waals surface area contributed by atoms with E-state index in [0.29, 0.717) is 6.29 Å². The molecule has 1 aromatic carbocycles. The molecule has 70 valence electrons. The van der Waals surface area contributed by atoms with Crippen molar-refractivity contribution in [3.8, 4) is 11.8 Å². The highest BCUT2D eigenvalue weighted by molar-refractivity contribution is 5.92. The number of benzene rings is 1. The minimum absolute atomic E-state index is 0.0200. The van der Waals surface area contributed by atoms with Gasteiger partial charge in [0.1, 0.15) is 5.82 Å². The van der Waals surface area contributed by atoms with Crippen molar-refractivity contribution in [2.45, 2.75) is 0 Å². The summed E-state index contributed by atoms with van der Waals surface area (Å²) < 4.78 is 13.2. The second-order valence-corrected chi connectivity index (χ2v) is 2.44. The number of aldehydes is 1. The van der Waals surface area contributed by atoms with E-state index < -0.39 is 11.7 Å². The van der Waals surface area contributed by atoms with Crippen molar-refractivity contribution >= 4 is 12.2 Å². The SMILES string of the molecule is NC(=O)C#Cc1cccc(C=O)c1F. The van der Waals surface area contributed by atoms with Crippen molar-refractivity contribution in [2.24, 2.45) is 5.73 Å². The van der Waals surface area contributed by atoms with Crippen molar-refractivity contribution in [1.29, 1.82) is 0 Å². The van der Waals surface area contributed by atoms with E-state index in [-0.39, 0.29) is 11.1 Å². The molecule has 14 heavy (non-hydrogen) atoms. The number of halogens is 1. The third kappa shape index (κ3) is 2.17. The first-order valence-electron chi connectivity index (χ1n) is 3.70. The highest BCUT2D eigenvalue weighted by Gasteiger charge is 2.04. The summed E-state index contributed by atoms with van der Waals surface area (Å²) in [4.78, 5) is 20.6. The summed E-state index contributed by atoms with van der Waals surface area (Å²) in [5.74, 6) is 2.63. The minimum atomic E-state index is -0.846. The van der Waals surface area contributed by atoms with Gasteiger partial charge in [0.15, 0.2) is 6.29 Å². The molecule has 0 aliphatic carbocycles. The van der Waals surface area contributed by atoms with Crippen LogP contribution in [0.5, 0.6) is 0 Å². The largest absolute Gasteiger partial charge is 0.359 e. The Kier molecular flexibility index (Phi) is 2.97. The van der Waals surface area contributed by atoms with Gasteiger partial charge in [0.05, 0.1) is 11.1 Å². The molecule has 0 saturated carbocycles. The summed E-state index contributed by atoms with van der Waals surface area (Å²) in [7, 11) is 0. The van der Waals surface area contributed by atoms with Crippen LogP contribution in [-0.2, 0) is 4.79 Å². The highest BCUT2D eigenvalue weighted by atomic mass is 19.1. The van der Waals surface area contributed by atoms with Crippen LogP contribution in [0.1, 0.15) is 15.9 Å². The number of hydrogen-bond donors (Lipinski definition) is 1. The number of primary amides is 1. The Labute approximate surface area is 79.7 Å². The second kappa shape index (κ2) is 4.19. The lowest BCUT2D eigenvalue weighted by Crippen LogP contribution is -2.06. The molecule has 0 aliphatic heterocycles. The fraction of sp³-hybridized carbons (Fsp3) is 0. The maximum atomic E-state index is 13.2. The van der Waals surface area contributed by atoms with Crippen LogP contribution in [0.4, 0.5) is 4.39 Å². The Balaban J connectivity index is 3.18. The topological polar surface area (TPSA) is 60.2 Å². The fourth-order valence-corrected chi connectivity index (χ4v) is 0.866. The van der Waals surface area contributed by atoms with Crippen LogP contribution >= 0.6 is 0 Å². The standard InChI is InChI=1S/C10H6FNO2/c11-10-7(4-5-9(12)14)2-1-3-8(10)6-13/h1-3,6H,(H2,12,14). The van der Waals surface area contributed by atoms with Gasteiger partial charge in [-0.3, -0.25) is 9.59 Å². The maximum absolute atomic E-state index is 13.2. The number of hydrogen-bond acceptors (Lipinski definition) is 2. The Morgan fingerprint density at radius 1 is 1.50 bits per heavy atom. The highest BCUT2D eigenvalue weighted by Crippen LogP contribution is 2.09. The number of rotatable bonds is 1. The summed E-state index contributed by atoms with van der Waals surface area (Å²) in [5.41, 5.74) is 4.64. The second-order valence-electron chi connectivity index (χ2n) is 2.44. The number of carbonyl (C=O) groups is 2. The van der Waals surface area contributed by atoms with Crippen molar-refractivity contribution in [1.82, 2.24) is 0 Å². The van der Waals surface area contributed by atoms with Gasteiger partial charge in [-0.15, -0.1) is 0 Å². The minimum Gasteiger partial charge on any atom is -0.359 e. The lowest BCUT2D eigenvalue weighted by Gasteiger charge is -1.95. The van der Waals surface area contributed by atoms with Crippen LogP contribution < -0.4 is 5.73 Å². The van der Waals surface area contributed by atoms with Crippen molar-refractivity contribution in [2.75, 3.05) is 0 Å². The zero-order valence-corrected chi connectivity index (χ0v) is 7.08. The molecule has 3 nitrogen and oxygen atoms in total. The van der Waals surface area contributed by atoms with E-state index in [1.807, 2.05) is 5.92 Å². The average molecular weight is 191 g/mol. The van der Waals surface area contributed by atoms with Crippen LogP contribution in [0.3, 0.4) is 0 Å². The van der Waals surface area contributed by atoms with Gasteiger partial charge in [0.25, 0.3) is 5.91 Å². The van der Waals surface area contributed by atoms with E-state index in [2.05, 4.69) is 5.92 Å². The van der Waals surface area contributed by atoms with Crippen molar-refractivity contribution < 1.29 is 14.0 Å². The van der Waals surface area contributed by atoms with Crippen molar-refractivity contribution in [3.63, 3.8) is 0 Å². The normalized spacial score (nSPS) is 8.64. The van der Waals surface area contributed by atoms with E-state index >= 15 is 0 Å². The zero-order chi connectivity index (χ0) is 10.6. The molecule has 0 heterocycles. The van der Waals surface area contributed by atoms with E-state index in [1.54, 1.807) is 0 Å². The smallest absolute Gasteiger partial charge is 0.293 e. The molecule has 0 saturated heterocycles. The van der Waals surface area contributed by atoms with Gasteiger partial charge in [0, 0.05) is 5.92 Å². The van der Waals surface area contributed by atoms with Gasteiger partial charge in [0.2, 0.25) is 0 Å². The van der Waals surface area contributed by atoms with E-state index in [1.165, 1.54) is 18.2 Å². The summed E-state index contributed by atoms with van der Waals surface area (Å²) >= 11 is 0. The van der Waals surface area contributed by atoms with Crippen LogP contribution in [0.25, 0.3) is 0 Å². The van der Waals surface area contributed by atoms with Crippen molar-refractivity contribution in [3.05, 3.63) is 35.1 Å². The number of nitrogens with two attached hydrogens (primary N) is 1. The first-order valence-corrected chi connectivity index (χ1v) is 3.70. The lowest BCUT2D eigenvalue weighted by atomic mass is 10.1. The van der Waals surface area contributed by atoms with Gasteiger partial charge >= 0.3 is 0 Å². The monoisotopic (exact) mass is 191 g/mol. The fourth-order valence-electron chi connectivity index (χ4n) is 0.866. The molecule has 0 radical (unpaired) electrons. The summed E-state index contributed by atoms with van der Waals surface area (Å²) in [6.07, 6.45) is 0.380. The summed E-state index contributed by atoms with van der Waals surface area (Å²) in [6, 6.07) is 4.15. The molecule has 0 aliphatic rings. The zero-order valence-electron chi connectivity index (χ0n) is 7.08. The maximum Gasteiger partial charge on any atom is 0.293 e. The Hall–Kier alpha value is -2.15. The molecular formula is C10H6FNO2. The number of carbonyl (C=O) groups excluding carboxylic acids is 2. The quantitative estimate of drug-likeness (QED) is 0.518. The van der Waals surface area contributed by atoms with Gasteiger partial charge in [-0.2, -0.15) is 0 Å². The predicted octanol–water partition coefficient (Wildman–Crippen LogP) is 0.475. The lowest BCUT2D eigenvalue weighted by molar-refractivity contribution is -0.112. The molecule has 2 N–H and O–H groups in total. The molecule has 0 fully saturated rings. The molecule has 0 unspecified atom stereocenters. The molecule has 0 atom stereocenters. The van der Waals surface area contributed by atoms with Crippen LogP contribution in [0.15, 0.2) is 18.2 Å². The van der Waals surface area contributed by atoms with Crippen LogP contribution in [0, 0.1) is 17.7 Å². The molecule has 1 rings (SSSR count).